The van der Waals surface area contributed by atoms with Gasteiger partial charge in [-0.15, -0.1) is 0 Å². The number of fused-ring (bicyclic) bond motifs is 1. The van der Waals surface area contributed by atoms with Crippen LogP contribution in [-0.4, -0.2) is 24.0 Å². The second kappa shape index (κ2) is 7.65. The average molecular weight is 365 g/mol. The highest BCUT2D eigenvalue weighted by Gasteiger charge is 2.19. The molecule has 0 amide bonds. The van der Waals surface area contributed by atoms with Crippen LogP contribution in [0.3, 0.4) is 0 Å². The summed E-state index contributed by atoms with van der Waals surface area (Å²) in [6.07, 6.45) is 0. The Kier molecular flexibility index (Phi) is 5.12. The lowest BCUT2D eigenvalue weighted by Crippen LogP contribution is -2.09. The van der Waals surface area contributed by atoms with Crippen molar-refractivity contribution in [2.75, 3.05) is 7.11 Å². The van der Waals surface area contributed by atoms with Crippen LogP contribution in [0.1, 0.15) is 26.3 Å². The molecule has 0 heterocycles. The number of carbonyl (C=O) groups excluding carboxylic acids is 2. The molecule has 0 atom stereocenters. The van der Waals surface area contributed by atoms with Gasteiger partial charge in [-0.25, -0.2) is 9.59 Å². The summed E-state index contributed by atoms with van der Waals surface area (Å²) < 4.78 is 9.88. The molecule has 0 radical (unpaired) electrons. The number of esters is 2. The number of nitro groups is 1. The molecule has 0 N–H and O–H groups in total. The minimum absolute atomic E-state index is 0.00354. The number of hydrogen-bond donors (Lipinski definition) is 0. The van der Waals surface area contributed by atoms with E-state index in [4.69, 9.17) is 4.74 Å². The molecule has 0 saturated heterocycles. The Morgan fingerprint density at radius 3 is 2.33 bits per heavy atom. The fourth-order valence-electron chi connectivity index (χ4n) is 2.72. The van der Waals surface area contributed by atoms with Crippen LogP contribution in [-0.2, 0) is 16.1 Å². The first kappa shape index (κ1) is 18.1. The standard InChI is InChI=1S/C20H15NO6/c1-26-19(22)15-9-16(11-17(10-15)21(24)25)20(23)27-12-14-7-4-6-13-5-2-3-8-18(13)14/h2-11H,12H2,1H3. The van der Waals surface area contributed by atoms with Gasteiger partial charge in [-0.3, -0.25) is 10.1 Å². The summed E-state index contributed by atoms with van der Waals surface area (Å²) in [5, 5.41) is 13.0. The molecule has 3 aromatic carbocycles. The molecule has 0 aliphatic heterocycles. The van der Waals surface area contributed by atoms with E-state index in [0.717, 1.165) is 35.6 Å². The van der Waals surface area contributed by atoms with Gasteiger partial charge in [0.25, 0.3) is 5.69 Å². The minimum Gasteiger partial charge on any atom is -0.465 e. The Morgan fingerprint density at radius 2 is 1.63 bits per heavy atom. The largest absolute Gasteiger partial charge is 0.465 e. The van der Waals surface area contributed by atoms with Crippen molar-refractivity contribution in [1.29, 1.82) is 0 Å². The van der Waals surface area contributed by atoms with Crippen molar-refractivity contribution < 1.29 is 24.0 Å². The molecule has 0 bridgehead atoms. The van der Waals surface area contributed by atoms with Crippen molar-refractivity contribution in [3.8, 4) is 0 Å². The van der Waals surface area contributed by atoms with Crippen LogP contribution >= 0.6 is 0 Å². The maximum Gasteiger partial charge on any atom is 0.338 e. The summed E-state index contributed by atoms with van der Waals surface area (Å²) in [5.74, 6) is -1.54. The van der Waals surface area contributed by atoms with E-state index in [0.29, 0.717) is 0 Å². The molecule has 7 heteroatoms. The topological polar surface area (TPSA) is 95.7 Å². The summed E-state index contributed by atoms with van der Waals surface area (Å²) in [5.41, 5.74) is 0.226. The van der Waals surface area contributed by atoms with Crippen molar-refractivity contribution >= 4 is 28.4 Å². The highest BCUT2D eigenvalue weighted by molar-refractivity contribution is 5.96. The van der Waals surface area contributed by atoms with Gasteiger partial charge >= 0.3 is 11.9 Å². The molecule has 136 valence electrons. The molecule has 0 unspecified atom stereocenters. The van der Waals surface area contributed by atoms with E-state index in [1.165, 1.54) is 6.07 Å². The maximum atomic E-state index is 12.4. The van der Waals surface area contributed by atoms with Gasteiger partial charge in [0.1, 0.15) is 6.61 Å². The first-order chi connectivity index (χ1) is 13.0. The Hall–Kier alpha value is -3.74. The number of methoxy groups -OCH3 is 1. The van der Waals surface area contributed by atoms with Crippen molar-refractivity contribution in [3.05, 3.63) is 87.5 Å². The molecule has 27 heavy (non-hydrogen) atoms. The van der Waals surface area contributed by atoms with E-state index in [-0.39, 0.29) is 17.7 Å². The van der Waals surface area contributed by atoms with Gasteiger partial charge in [0.15, 0.2) is 0 Å². The normalized spacial score (nSPS) is 10.4. The highest BCUT2D eigenvalue weighted by Crippen LogP contribution is 2.22. The molecule has 0 fully saturated rings. The molecule has 0 saturated carbocycles. The molecule has 0 aromatic heterocycles. The van der Waals surface area contributed by atoms with Crippen molar-refractivity contribution in [2.24, 2.45) is 0 Å². The van der Waals surface area contributed by atoms with E-state index in [9.17, 15) is 19.7 Å². The summed E-state index contributed by atoms with van der Waals surface area (Å²) >= 11 is 0. The smallest absolute Gasteiger partial charge is 0.338 e. The van der Waals surface area contributed by atoms with Gasteiger partial charge in [-0.05, 0) is 22.4 Å². The van der Waals surface area contributed by atoms with Crippen molar-refractivity contribution in [2.45, 2.75) is 6.61 Å². The second-order valence-corrected chi connectivity index (χ2v) is 5.73. The third kappa shape index (κ3) is 3.92. The zero-order chi connectivity index (χ0) is 19.4. The number of ether oxygens (including phenoxy) is 2. The second-order valence-electron chi connectivity index (χ2n) is 5.73. The van der Waals surface area contributed by atoms with Crippen molar-refractivity contribution in [1.82, 2.24) is 0 Å². The van der Waals surface area contributed by atoms with Crippen LogP contribution in [0.4, 0.5) is 5.69 Å². The fraction of sp³-hybridized carbons (Fsp3) is 0.100. The zero-order valence-corrected chi connectivity index (χ0v) is 14.4. The number of non-ortho nitro benzene ring substituents is 1. The lowest BCUT2D eigenvalue weighted by Gasteiger charge is -2.09. The molecular weight excluding hydrogens is 350 g/mol. The van der Waals surface area contributed by atoms with Gasteiger partial charge < -0.3 is 9.47 Å². The van der Waals surface area contributed by atoms with Gasteiger partial charge in [0, 0.05) is 12.1 Å². The molecule has 0 aliphatic rings. The summed E-state index contributed by atoms with van der Waals surface area (Å²) in [4.78, 5) is 34.5. The van der Waals surface area contributed by atoms with Crippen LogP contribution < -0.4 is 0 Å². The summed E-state index contributed by atoms with van der Waals surface area (Å²) in [6.45, 7) is -0.00354. The monoisotopic (exact) mass is 365 g/mol. The van der Waals surface area contributed by atoms with E-state index in [1.807, 2.05) is 42.5 Å². The lowest BCUT2D eigenvalue weighted by molar-refractivity contribution is -0.384. The van der Waals surface area contributed by atoms with Crippen LogP contribution in [0.5, 0.6) is 0 Å². The van der Waals surface area contributed by atoms with Gasteiger partial charge in [0.2, 0.25) is 0 Å². The highest BCUT2D eigenvalue weighted by atomic mass is 16.6. The first-order valence-electron chi connectivity index (χ1n) is 8.01. The molecule has 7 nitrogen and oxygen atoms in total. The lowest BCUT2D eigenvalue weighted by atomic mass is 10.1. The van der Waals surface area contributed by atoms with E-state index in [1.54, 1.807) is 0 Å². The van der Waals surface area contributed by atoms with E-state index >= 15 is 0 Å². The molecule has 3 rings (SSSR count). The molecule has 3 aromatic rings. The van der Waals surface area contributed by atoms with Crippen LogP contribution in [0, 0.1) is 10.1 Å². The Bertz CT molecular complexity index is 1040. The maximum absolute atomic E-state index is 12.4. The quantitative estimate of drug-likeness (QED) is 0.387. The van der Waals surface area contributed by atoms with Crippen LogP contribution in [0.15, 0.2) is 60.7 Å². The number of hydrogen-bond acceptors (Lipinski definition) is 6. The summed E-state index contributed by atoms with van der Waals surface area (Å²) in [7, 11) is 1.15. The Morgan fingerprint density at radius 1 is 0.963 bits per heavy atom. The van der Waals surface area contributed by atoms with E-state index in [2.05, 4.69) is 4.74 Å². The first-order valence-corrected chi connectivity index (χ1v) is 8.01. The van der Waals surface area contributed by atoms with Crippen LogP contribution in [0.2, 0.25) is 0 Å². The fourth-order valence-corrected chi connectivity index (χ4v) is 2.72. The third-order valence-electron chi connectivity index (χ3n) is 4.02. The van der Waals surface area contributed by atoms with E-state index < -0.39 is 22.5 Å². The predicted molar refractivity (Wildman–Crippen MR) is 97.5 cm³/mol. The number of carbonyl (C=O) groups is 2. The predicted octanol–water partition coefficient (Wildman–Crippen LogP) is 3.89. The SMILES string of the molecule is COC(=O)c1cc(C(=O)OCc2cccc3ccccc23)cc([N+](=O)[O-])c1. The number of nitrogens with zero attached hydrogens (tertiary/aromatic N) is 1. The summed E-state index contributed by atoms with van der Waals surface area (Å²) in [6, 6.07) is 16.6. The number of rotatable bonds is 5. The molecule has 0 aliphatic carbocycles. The van der Waals surface area contributed by atoms with Gasteiger partial charge in [-0.1, -0.05) is 42.5 Å². The Labute approximate surface area is 154 Å². The third-order valence-corrected chi connectivity index (χ3v) is 4.02. The minimum atomic E-state index is -0.776. The average Bonchev–Trinajstić information content (AvgIpc) is 2.70. The van der Waals surface area contributed by atoms with Gasteiger partial charge in [-0.2, -0.15) is 0 Å². The van der Waals surface area contributed by atoms with Crippen LogP contribution in [0.25, 0.3) is 10.8 Å². The number of nitro benzene ring substituents is 1. The zero-order valence-electron chi connectivity index (χ0n) is 14.4. The number of benzene rings is 3. The Balaban J connectivity index is 1.86. The van der Waals surface area contributed by atoms with Crippen molar-refractivity contribution in [3.63, 3.8) is 0 Å². The molecular formula is C20H15NO6. The van der Waals surface area contributed by atoms with Gasteiger partial charge in [0.05, 0.1) is 23.2 Å². The molecule has 0 spiro atoms.